The minimum Gasteiger partial charge on any atom is -0.360 e. The molecule has 2 N–H and O–H groups in total. The Bertz CT molecular complexity index is 852. The monoisotopic (exact) mass is 398 g/mol. The van der Waals surface area contributed by atoms with Crippen molar-refractivity contribution in [3.8, 4) is 0 Å². The van der Waals surface area contributed by atoms with Gasteiger partial charge in [-0.25, -0.2) is 0 Å². The summed E-state index contributed by atoms with van der Waals surface area (Å²) >= 11 is 5.23. The average molecular weight is 398 g/mol. The highest BCUT2D eigenvalue weighted by atomic mass is 32.1. The zero-order chi connectivity index (χ0) is 19.9. The number of nitro groups is 1. The van der Waals surface area contributed by atoms with Crippen molar-refractivity contribution in [2.45, 2.75) is 25.4 Å². The van der Waals surface area contributed by atoms with E-state index in [-0.39, 0.29) is 22.4 Å². The van der Waals surface area contributed by atoms with Crippen LogP contribution in [0.25, 0.3) is 0 Å². The number of carbonyl (C=O) groups excluding carboxylic acids is 1. The molecule has 28 heavy (non-hydrogen) atoms. The molecular weight excluding hydrogens is 376 g/mol. The number of para-hydroxylation sites is 1. The van der Waals surface area contributed by atoms with E-state index in [1.807, 2.05) is 18.2 Å². The Kier molecular flexibility index (Phi) is 6.67. The fraction of sp³-hybridized carbons (Fsp3) is 0.300. The minimum atomic E-state index is -0.577. The third-order valence-electron chi connectivity index (χ3n) is 4.74. The van der Waals surface area contributed by atoms with Crippen LogP contribution < -0.4 is 10.6 Å². The second-order valence-electron chi connectivity index (χ2n) is 6.74. The summed E-state index contributed by atoms with van der Waals surface area (Å²) < 4.78 is 0. The smallest absolute Gasteiger partial charge is 0.282 e. The average Bonchev–Trinajstić information content (AvgIpc) is 2.70. The molecule has 3 rings (SSSR count). The topological polar surface area (TPSA) is 87.5 Å². The van der Waals surface area contributed by atoms with Crippen LogP contribution >= 0.6 is 12.2 Å². The summed E-state index contributed by atoms with van der Waals surface area (Å²) in [6.07, 6.45) is 1.82. The lowest BCUT2D eigenvalue weighted by molar-refractivity contribution is -0.385. The first-order chi connectivity index (χ1) is 13.5. The minimum absolute atomic E-state index is 0.00525. The van der Waals surface area contributed by atoms with E-state index in [1.54, 1.807) is 6.07 Å². The molecule has 0 bridgehead atoms. The standard InChI is InChI=1S/C20H22N4O3S/c25-19(17-8-4-5-9-18(17)24(26)27)22-20(28)21-16-10-12-23(13-11-16)14-15-6-2-1-3-7-15/h1-9,16H,10-14H2,(H2,21,22,25,28). The molecular formula is C20H22N4O3S. The van der Waals surface area contributed by atoms with E-state index in [1.165, 1.54) is 23.8 Å². The van der Waals surface area contributed by atoms with Gasteiger partial charge in [-0.3, -0.25) is 25.1 Å². The van der Waals surface area contributed by atoms with Crippen LogP contribution in [0, 0.1) is 10.1 Å². The number of nitrogens with one attached hydrogen (secondary N) is 2. The first-order valence-corrected chi connectivity index (χ1v) is 9.55. The van der Waals surface area contributed by atoms with Gasteiger partial charge in [0.25, 0.3) is 11.6 Å². The van der Waals surface area contributed by atoms with Gasteiger partial charge < -0.3 is 5.32 Å². The summed E-state index contributed by atoms with van der Waals surface area (Å²) in [6, 6.07) is 16.3. The van der Waals surface area contributed by atoms with Gasteiger partial charge in [0.05, 0.1) is 4.92 Å². The van der Waals surface area contributed by atoms with Crippen LogP contribution in [-0.4, -0.2) is 40.0 Å². The fourth-order valence-electron chi connectivity index (χ4n) is 3.29. The molecule has 0 radical (unpaired) electrons. The van der Waals surface area contributed by atoms with E-state index in [9.17, 15) is 14.9 Å². The molecule has 0 aliphatic carbocycles. The molecule has 2 aromatic carbocycles. The number of amides is 1. The van der Waals surface area contributed by atoms with Gasteiger partial charge in [0.1, 0.15) is 5.56 Å². The van der Waals surface area contributed by atoms with Crippen molar-refractivity contribution in [2.75, 3.05) is 13.1 Å². The molecule has 0 saturated carbocycles. The van der Waals surface area contributed by atoms with Crippen molar-refractivity contribution in [1.29, 1.82) is 0 Å². The first-order valence-electron chi connectivity index (χ1n) is 9.14. The number of likely N-dealkylation sites (tertiary alicyclic amines) is 1. The Labute approximate surface area is 168 Å². The van der Waals surface area contributed by atoms with Gasteiger partial charge in [0.2, 0.25) is 0 Å². The molecule has 2 aromatic rings. The second-order valence-corrected chi connectivity index (χ2v) is 7.15. The number of rotatable bonds is 5. The van der Waals surface area contributed by atoms with Crippen LogP contribution in [-0.2, 0) is 6.54 Å². The van der Waals surface area contributed by atoms with E-state index in [0.29, 0.717) is 0 Å². The summed E-state index contributed by atoms with van der Waals surface area (Å²) in [6.45, 7) is 2.80. The highest BCUT2D eigenvalue weighted by Crippen LogP contribution is 2.17. The van der Waals surface area contributed by atoms with Crippen molar-refractivity contribution in [2.24, 2.45) is 0 Å². The maximum Gasteiger partial charge on any atom is 0.282 e. The van der Waals surface area contributed by atoms with E-state index in [2.05, 4.69) is 27.7 Å². The van der Waals surface area contributed by atoms with Crippen molar-refractivity contribution >= 4 is 28.9 Å². The van der Waals surface area contributed by atoms with Crippen LogP contribution in [0.2, 0.25) is 0 Å². The van der Waals surface area contributed by atoms with Crippen molar-refractivity contribution < 1.29 is 9.72 Å². The molecule has 1 aliphatic heterocycles. The Morgan fingerprint density at radius 2 is 1.75 bits per heavy atom. The SMILES string of the molecule is O=C(NC(=S)NC1CCN(Cc2ccccc2)CC1)c1ccccc1[N+](=O)[O-]. The summed E-state index contributed by atoms with van der Waals surface area (Å²) in [7, 11) is 0. The highest BCUT2D eigenvalue weighted by molar-refractivity contribution is 7.80. The summed E-state index contributed by atoms with van der Waals surface area (Å²) in [4.78, 5) is 25.2. The Hall–Kier alpha value is -2.84. The highest BCUT2D eigenvalue weighted by Gasteiger charge is 2.22. The maximum atomic E-state index is 12.3. The fourth-order valence-corrected chi connectivity index (χ4v) is 3.55. The van der Waals surface area contributed by atoms with Crippen molar-refractivity contribution in [1.82, 2.24) is 15.5 Å². The predicted molar refractivity (Wildman–Crippen MR) is 111 cm³/mol. The van der Waals surface area contributed by atoms with Crippen LogP contribution in [0.3, 0.4) is 0 Å². The molecule has 1 saturated heterocycles. The number of piperidine rings is 1. The number of hydrogen-bond acceptors (Lipinski definition) is 5. The van der Waals surface area contributed by atoms with E-state index >= 15 is 0 Å². The quantitative estimate of drug-likeness (QED) is 0.458. The number of thiocarbonyl (C=S) groups is 1. The normalized spacial score (nSPS) is 15.0. The van der Waals surface area contributed by atoms with Crippen LogP contribution in [0.5, 0.6) is 0 Å². The van der Waals surface area contributed by atoms with Crippen LogP contribution in [0.4, 0.5) is 5.69 Å². The molecule has 7 nitrogen and oxygen atoms in total. The summed E-state index contributed by atoms with van der Waals surface area (Å²) in [5.41, 5.74) is 1.05. The van der Waals surface area contributed by atoms with Gasteiger partial charge in [-0.05, 0) is 36.7 Å². The predicted octanol–water partition coefficient (Wildman–Crippen LogP) is 2.86. The molecule has 8 heteroatoms. The van der Waals surface area contributed by atoms with E-state index in [0.717, 1.165) is 32.5 Å². The first kappa shape index (κ1) is 19.9. The number of benzene rings is 2. The molecule has 1 fully saturated rings. The van der Waals surface area contributed by atoms with Gasteiger partial charge >= 0.3 is 0 Å². The Morgan fingerprint density at radius 1 is 1.11 bits per heavy atom. The largest absolute Gasteiger partial charge is 0.360 e. The second kappa shape index (κ2) is 9.38. The molecule has 1 amide bonds. The molecule has 146 valence electrons. The third kappa shape index (κ3) is 5.34. The molecule has 1 heterocycles. The van der Waals surface area contributed by atoms with Gasteiger partial charge in [-0.2, -0.15) is 0 Å². The zero-order valence-electron chi connectivity index (χ0n) is 15.3. The number of nitrogens with zero attached hydrogens (tertiary/aromatic N) is 2. The maximum absolute atomic E-state index is 12.3. The van der Waals surface area contributed by atoms with E-state index in [4.69, 9.17) is 12.2 Å². The lowest BCUT2D eigenvalue weighted by Gasteiger charge is -2.32. The molecule has 0 aromatic heterocycles. The number of carbonyl (C=O) groups is 1. The van der Waals surface area contributed by atoms with Crippen LogP contribution in [0.15, 0.2) is 54.6 Å². The molecule has 1 aliphatic rings. The molecule has 0 unspecified atom stereocenters. The summed E-state index contributed by atoms with van der Waals surface area (Å²) in [5, 5.41) is 17.0. The zero-order valence-corrected chi connectivity index (χ0v) is 16.2. The lowest BCUT2D eigenvalue weighted by atomic mass is 10.0. The lowest BCUT2D eigenvalue weighted by Crippen LogP contribution is -2.48. The van der Waals surface area contributed by atoms with Gasteiger partial charge in [-0.1, -0.05) is 42.5 Å². The molecule has 0 spiro atoms. The number of nitro benzene ring substituents is 1. The van der Waals surface area contributed by atoms with E-state index < -0.39 is 10.8 Å². The van der Waals surface area contributed by atoms with Crippen LogP contribution in [0.1, 0.15) is 28.8 Å². The van der Waals surface area contributed by atoms with Gasteiger partial charge in [-0.15, -0.1) is 0 Å². The van der Waals surface area contributed by atoms with Crippen molar-refractivity contribution in [3.05, 3.63) is 75.8 Å². The van der Waals surface area contributed by atoms with Gasteiger partial charge in [0.15, 0.2) is 5.11 Å². The van der Waals surface area contributed by atoms with Crippen molar-refractivity contribution in [3.63, 3.8) is 0 Å². The third-order valence-corrected chi connectivity index (χ3v) is 4.96. The number of hydrogen-bond donors (Lipinski definition) is 2. The summed E-state index contributed by atoms with van der Waals surface area (Å²) in [5.74, 6) is -0.577. The Morgan fingerprint density at radius 3 is 2.43 bits per heavy atom. The Balaban J connectivity index is 1.47. The molecule has 0 atom stereocenters. The van der Waals surface area contributed by atoms with Gasteiger partial charge in [0, 0.05) is 31.7 Å².